The maximum Gasteiger partial charge on any atom is -1.00 e. The molecule has 0 aromatic heterocycles. The quantitative estimate of drug-likeness (QED) is 0.445. The third-order valence-corrected chi connectivity index (χ3v) is 27.7. The van der Waals surface area contributed by atoms with Crippen LogP contribution in [0.2, 0.25) is 0 Å². The number of allylic oxidation sites excluding steroid dienone is 8. The summed E-state index contributed by atoms with van der Waals surface area (Å²) in [5.41, 5.74) is 6.09. The first-order valence-corrected chi connectivity index (χ1v) is 18.7. The molecule has 2 aliphatic carbocycles. The van der Waals surface area contributed by atoms with E-state index in [-0.39, 0.29) is 24.8 Å². The van der Waals surface area contributed by atoms with Crippen molar-refractivity contribution in [2.24, 2.45) is 0 Å². The molecule has 0 amide bonds. The van der Waals surface area contributed by atoms with Gasteiger partial charge in [-0.25, -0.2) is 0 Å². The van der Waals surface area contributed by atoms with Crippen LogP contribution in [-0.4, -0.2) is 5.92 Å². The fraction of sp³-hybridized carbons (Fsp3) is 0.231. The molecule has 0 heterocycles. The predicted molar refractivity (Wildman–Crippen MR) is 122 cm³/mol. The molecule has 0 fully saturated rings. The van der Waals surface area contributed by atoms with Crippen LogP contribution in [0, 0.1) is 13.8 Å². The Morgan fingerprint density at radius 2 is 1.33 bits per heavy atom. The van der Waals surface area contributed by atoms with Crippen LogP contribution in [-0.2, 0) is 20.9 Å². The fourth-order valence-electron chi connectivity index (χ4n) is 4.56. The molecular formula is C26H29Cl2SiZr. The van der Waals surface area contributed by atoms with E-state index < -0.39 is 26.8 Å². The predicted octanol–water partition coefficient (Wildman–Crippen LogP) is -0.765. The van der Waals surface area contributed by atoms with Crippen molar-refractivity contribution in [2.45, 2.75) is 40.5 Å². The Balaban J connectivity index is 0.00000160. The van der Waals surface area contributed by atoms with Crippen molar-refractivity contribution < 1.29 is 45.7 Å². The molecule has 2 aromatic carbocycles. The molecule has 2 aromatic rings. The van der Waals surface area contributed by atoms with Gasteiger partial charge in [-0.2, -0.15) is 0 Å². The topological polar surface area (TPSA) is 0 Å². The van der Waals surface area contributed by atoms with Gasteiger partial charge in [0.2, 0.25) is 0 Å². The molecule has 0 nitrogen and oxygen atoms in total. The zero-order valence-corrected chi connectivity index (χ0v) is 23.3. The van der Waals surface area contributed by atoms with E-state index in [0.717, 1.165) is 0 Å². The maximum atomic E-state index is 2.58. The summed E-state index contributed by atoms with van der Waals surface area (Å²) in [6.07, 6.45) is 12.2. The van der Waals surface area contributed by atoms with Crippen molar-refractivity contribution in [3.63, 3.8) is 0 Å². The van der Waals surface area contributed by atoms with Gasteiger partial charge in [0.15, 0.2) is 0 Å². The van der Waals surface area contributed by atoms with Crippen LogP contribution < -0.4 is 35.2 Å². The van der Waals surface area contributed by atoms with Crippen LogP contribution in [0.3, 0.4) is 0 Å². The number of aryl methyl sites for hydroxylation is 2. The Morgan fingerprint density at radius 1 is 0.767 bits per heavy atom. The van der Waals surface area contributed by atoms with Crippen LogP contribution in [0.25, 0.3) is 0 Å². The largest absolute Gasteiger partial charge is 1.00 e. The Morgan fingerprint density at radius 3 is 1.77 bits per heavy atom. The number of hydrogen-bond donors (Lipinski definition) is 0. The molecule has 0 aliphatic heterocycles. The minimum absolute atomic E-state index is 0. The molecule has 155 valence electrons. The van der Waals surface area contributed by atoms with Crippen molar-refractivity contribution >= 4 is 16.3 Å². The molecule has 4 heteroatoms. The second kappa shape index (κ2) is 11.1. The average Bonchev–Trinajstić information content (AvgIpc) is 3.32. The number of hydrogen-bond acceptors (Lipinski definition) is 0. The zero-order valence-electron chi connectivity index (χ0n) is 18.2. The average molecular weight is 532 g/mol. The Bertz CT molecular complexity index is 987. The number of halogens is 2. The summed E-state index contributed by atoms with van der Waals surface area (Å²) in [4.78, 5) is 0. The van der Waals surface area contributed by atoms with Gasteiger partial charge in [0, 0.05) is 0 Å². The molecular weight excluding hydrogens is 503 g/mol. The molecule has 0 spiro atoms. The van der Waals surface area contributed by atoms with E-state index in [2.05, 4.69) is 101 Å². The Kier molecular flexibility index (Phi) is 9.37. The van der Waals surface area contributed by atoms with E-state index in [9.17, 15) is 0 Å². The molecule has 2 aliphatic rings. The van der Waals surface area contributed by atoms with E-state index in [0.29, 0.717) is 0 Å². The molecule has 0 radical (unpaired) electrons. The monoisotopic (exact) mass is 529 g/mol. The summed E-state index contributed by atoms with van der Waals surface area (Å²) in [6, 6.07) is 18.5. The Labute approximate surface area is 202 Å². The van der Waals surface area contributed by atoms with Gasteiger partial charge in [-0.3, -0.25) is 0 Å². The van der Waals surface area contributed by atoms with Crippen molar-refractivity contribution in [1.82, 2.24) is 0 Å². The van der Waals surface area contributed by atoms with Gasteiger partial charge in [-0.1, -0.05) is 0 Å². The molecule has 0 bridgehead atoms. The summed E-state index contributed by atoms with van der Waals surface area (Å²) in [6.45, 7) is 9.29. The molecule has 0 atom stereocenters. The molecule has 30 heavy (non-hydrogen) atoms. The van der Waals surface area contributed by atoms with Crippen LogP contribution >= 0.6 is 0 Å². The van der Waals surface area contributed by atoms with Crippen molar-refractivity contribution in [3.05, 3.63) is 102 Å². The summed E-state index contributed by atoms with van der Waals surface area (Å²) in [5.74, 6) is -1.31. The van der Waals surface area contributed by atoms with Crippen molar-refractivity contribution in [1.29, 1.82) is 0 Å². The molecule has 0 saturated carbocycles. The van der Waals surface area contributed by atoms with Gasteiger partial charge in [-0.05, 0) is 0 Å². The van der Waals surface area contributed by atoms with E-state index in [1.165, 1.54) is 29.5 Å². The summed E-state index contributed by atoms with van der Waals surface area (Å²) < 4.78 is 3.63. The summed E-state index contributed by atoms with van der Waals surface area (Å²) >= 11 is -2.04. The third-order valence-electron chi connectivity index (χ3n) is 6.27. The van der Waals surface area contributed by atoms with Gasteiger partial charge < -0.3 is 24.8 Å². The maximum absolute atomic E-state index is 2.58. The minimum Gasteiger partial charge on any atom is -1.00 e. The van der Waals surface area contributed by atoms with Crippen LogP contribution in [0.15, 0.2) is 90.5 Å². The first-order chi connectivity index (χ1) is 13.6. The van der Waals surface area contributed by atoms with Crippen LogP contribution in [0.5, 0.6) is 0 Å². The molecule has 4 rings (SSSR count). The zero-order chi connectivity index (χ0) is 19.7. The first kappa shape index (κ1) is 25.3. The Hall–Kier alpha value is -0.920. The van der Waals surface area contributed by atoms with Crippen molar-refractivity contribution in [2.75, 3.05) is 0 Å². The molecule has 0 N–H and O–H groups in total. The SMILES string of the molecule is CC1=C(C)C[C]([Zr+2]([C]2=CC=CC2)[SiH](c2ccccc2C)c2ccccc2C)=C1.[Cl-].[Cl-]. The van der Waals surface area contributed by atoms with Crippen molar-refractivity contribution in [3.8, 4) is 0 Å². The standard InChI is InChI=1S/C14H15Si.C7H9.C5H5.2ClH.Zr/c1-11-7-3-5-9-13(11)15-14-10-6-4-8-12(14)2;1-6-4-3-5-7(6)2;1-2-4-5-3-1;;;/h3-10,15H,1-2H3;4H,5H2,1-2H3;1-3H,4H2;2*1H;/q;;;;;+2/p-2. The van der Waals surface area contributed by atoms with E-state index in [1.807, 2.05) is 3.28 Å². The minimum atomic E-state index is -2.04. The van der Waals surface area contributed by atoms with Crippen LogP contribution in [0.4, 0.5) is 0 Å². The van der Waals surface area contributed by atoms with Gasteiger partial charge in [0.05, 0.1) is 0 Å². The van der Waals surface area contributed by atoms with Gasteiger partial charge >= 0.3 is 179 Å². The van der Waals surface area contributed by atoms with Crippen LogP contribution in [0.1, 0.15) is 37.8 Å². The number of rotatable bonds is 5. The summed E-state index contributed by atoms with van der Waals surface area (Å²) in [5, 5.41) is 3.37. The number of benzene rings is 2. The van der Waals surface area contributed by atoms with E-state index in [1.54, 1.807) is 19.2 Å². The normalized spacial score (nSPS) is 15.0. The van der Waals surface area contributed by atoms with E-state index in [4.69, 9.17) is 0 Å². The first-order valence-electron chi connectivity index (χ1n) is 10.3. The third kappa shape index (κ3) is 5.10. The fourth-order valence-corrected chi connectivity index (χ4v) is 29.7. The smallest absolute Gasteiger partial charge is 1.00 e. The van der Waals surface area contributed by atoms with Gasteiger partial charge in [-0.15, -0.1) is 0 Å². The second-order valence-corrected chi connectivity index (χ2v) is 23.2. The second-order valence-electron chi connectivity index (χ2n) is 8.19. The summed E-state index contributed by atoms with van der Waals surface area (Å²) in [7, 11) is 0. The molecule has 0 unspecified atom stereocenters. The van der Waals surface area contributed by atoms with E-state index >= 15 is 0 Å². The van der Waals surface area contributed by atoms with Gasteiger partial charge in [0.1, 0.15) is 0 Å². The van der Waals surface area contributed by atoms with Gasteiger partial charge in [0.25, 0.3) is 0 Å². The molecule has 0 saturated heterocycles.